The number of hydrogen-bond acceptors (Lipinski definition) is 9. The van der Waals surface area contributed by atoms with Crippen molar-refractivity contribution in [2.24, 2.45) is 0 Å². The van der Waals surface area contributed by atoms with Crippen LogP contribution in [-0.2, 0) is 19.6 Å². The van der Waals surface area contributed by atoms with Crippen LogP contribution in [0.25, 0.3) is 0 Å². The van der Waals surface area contributed by atoms with Crippen molar-refractivity contribution < 1.29 is 27.5 Å². The van der Waals surface area contributed by atoms with Gasteiger partial charge in [0.25, 0.3) is 5.91 Å². The fourth-order valence-corrected chi connectivity index (χ4v) is 7.62. The van der Waals surface area contributed by atoms with Gasteiger partial charge < -0.3 is 24.6 Å². The van der Waals surface area contributed by atoms with Crippen molar-refractivity contribution in [2.45, 2.75) is 37.1 Å². The number of carbonyl (C=O) groups excluding carboxylic acids is 2. The maximum Gasteiger partial charge on any atom is 0.252 e. The van der Waals surface area contributed by atoms with E-state index in [1.54, 1.807) is 57.6 Å². The molecule has 0 spiro atoms. The van der Waals surface area contributed by atoms with Gasteiger partial charge in [0.15, 0.2) is 0 Å². The SMILES string of the molecule is COc1cc(C)c(S(=O)(=O)N(C)CCOCC(=O)N2CCC(CNC(=O)c3cccnc3)(N3CCN(C)CC3)CC2)c(C)c1. The first kappa shape index (κ1) is 33.8. The van der Waals surface area contributed by atoms with Crippen molar-refractivity contribution in [3.05, 3.63) is 53.3 Å². The van der Waals surface area contributed by atoms with Gasteiger partial charge in [-0.25, -0.2) is 8.42 Å². The van der Waals surface area contributed by atoms with Crippen LogP contribution >= 0.6 is 0 Å². The number of piperidine rings is 1. The molecule has 0 radical (unpaired) electrons. The molecule has 2 aliphatic rings. The molecule has 2 saturated heterocycles. The van der Waals surface area contributed by atoms with Crippen molar-refractivity contribution in [1.82, 2.24) is 29.3 Å². The predicted octanol–water partition coefficient (Wildman–Crippen LogP) is 1.38. The minimum atomic E-state index is -3.74. The Bertz CT molecular complexity index is 1370. The summed E-state index contributed by atoms with van der Waals surface area (Å²) in [5, 5.41) is 3.13. The first-order valence-corrected chi connectivity index (χ1v) is 16.5. The van der Waals surface area contributed by atoms with Crippen molar-refractivity contribution in [2.75, 3.05) is 86.8 Å². The van der Waals surface area contributed by atoms with Gasteiger partial charge in [0.1, 0.15) is 12.4 Å². The van der Waals surface area contributed by atoms with Crippen LogP contribution in [0.5, 0.6) is 5.75 Å². The summed E-state index contributed by atoms with van der Waals surface area (Å²) in [7, 11) is 1.43. The minimum Gasteiger partial charge on any atom is -0.497 e. The molecule has 4 rings (SSSR count). The molecule has 12 nitrogen and oxygen atoms in total. The number of nitrogens with zero attached hydrogens (tertiary/aromatic N) is 5. The average Bonchev–Trinajstić information content (AvgIpc) is 3.02. The Morgan fingerprint density at radius 3 is 2.32 bits per heavy atom. The van der Waals surface area contributed by atoms with E-state index in [0.29, 0.717) is 42.1 Å². The van der Waals surface area contributed by atoms with E-state index in [0.717, 1.165) is 39.0 Å². The molecule has 242 valence electrons. The molecule has 1 aromatic carbocycles. The van der Waals surface area contributed by atoms with Gasteiger partial charge in [-0.2, -0.15) is 4.31 Å². The van der Waals surface area contributed by atoms with Gasteiger partial charge in [-0.05, 0) is 69.1 Å². The second-order valence-electron chi connectivity index (χ2n) is 11.8. The highest BCUT2D eigenvalue weighted by atomic mass is 32.2. The smallest absolute Gasteiger partial charge is 0.252 e. The number of aromatic nitrogens is 1. The van der Waals surface area contributed by atoms with E-state index in [2.05, 4.69) is 27.1 Å². The number of nitrogens with one attached hydrogen (secondary N) is 1. The number of pyridine rings is 1. The Morgan fingerprint density at radius 2 is 1.73 bits per heavy atom. The molecule has 0 bridgehead atoms. The van der Waals surface area contributed by atoms with Gasteiger partial charge in [-0.1, -0.05) is 0 Å². The highest BCUT2D eigenvalue weighted by Gasteiger charge is 2.42. The summed E-state index contributed by atoms with van der Waals surface area (Å²) in [6, 6.07) is 6.90. The fourth-order valence-electron chi connectivity index (χ4n) is 6.06. The summed E-state index contributed by atoms with van der Waals surface area (Å²) in [6.07, 6.45) is 4.67. The number of sulfonamides is 1. The number of likely N-dealkylation sites (N-methyl/N-ethyl adjacent to an activating group) is 2. The number of methoxy groups -OCH3 is 1. The van der Waals surface area contributed by atoms with E-state index in [1.165, 1.54) is 11.4 Å². The van der Waals surface area contributed by atoms with Gasteiger partial charge in [0, 0.05) is 77.3 Å². The Labute approximate surface area is 261 Å². The molecule has 1 aromatic heterocycles. The van der Waals surface area contributed by atoms with E-state index < -0.39 is 10.0 Å². The molecular formula is C31H46N6O6S. The van der Waals surface area contributed by atoms with E-state index in [1.807, 2.05) is 4.90 Å². The van der Waals surface area contributed by atoms with Crippen LogP contribution in [0.2, 0.25) is 0 Å². The summed E-state index contributed by atoms with van der Waals surface area (Å²) in [5.41, 5.74) is 1.50. The second-order valence-corrected chi connectivity index (χ2v) is 13.8. The third-order valence-corrected chi connectivity index (χ3v) is 11.0. The van der Waals surface area contributed by atoms with Crippen molar-refractivity contribution in [3.63, 3.8) is 0 Å². The van der Waals surface area contributed by atoms with Crippen molar-refractivity contribution in [3.8, 4) is 5.75 Å². The van der Waals surface area contributed by atoms with E-state index in [4.69, 9.17) is 9.47 Å². The van der Waals surface area contributed by atoms with E-state index in [-0.39, 0.29) is 42.0 Å². The van der Waals surface area contributed by atoms with E-state index >= 15 is 0 Å². The molecule has 0 atom stereocenters. The van der Waals surface area contributed by atoms with Crippen molar-refractivity contribution >= 4 is 21.8 Å². The number of ether oxygens (including phenoxy) is 2. The summed E-state index contributed by atoms with van der Waals surface area (Å²) in [5.74, 6) is 0.336. The van der Waals surface area contributed by atoms with Crippen LogP contribution in [0.3, 0.4) is 0 Å². The number of likely N-dealkylation sites (tertiary alicyclic amines) is 1. The summed E-state index contributed by atoms with van der Waals surface area (Å²) < 4.78 is 38.7. The van der Waals surface area contributed by atoms with Crippen LogP contribution in [-0.4, -0.2) is 137 Å². The van der Waals surface area contributed by atoms with Gasteiger partial charge >= 0.3 is 0 Å². The Balaban J connectivity index is 1.29. The van der Waals surface area contributed by atoms with Crippen LogP contribution in [0.1, 0.15) is 34.3 Å². The van der Waals surface area contributed by atoms with Gasteiger partial charge in [0.05, 0.1) is 24.2 Å². The third kappa shape index (κ3) is 7.94. The molecule has 0 saturated carbocycles. The topological polar surface area (TPSA) is 125 Å². The van der Waals surface area contributed by atoms with Crippen LogP contribution in [0.4, 0.5) is 0 Å². The summed E-state index contributed by atoms with van der Waals surface area (Å²) >= 11 is 0. The maximum atomic E-state index is 13.3. The molecular weight excluding hydrogens is 584 g/mol. The monoisotopic (exact) mass is 630 g/mol. The molecule has 2 amide bonds. The van der Waals surface area contributed by atoms with Gasteiger partial charge in [-0.3, -0.25) is 19.5 Å². The largest absolute Gasteiger partial charge is 0.497 e. The molecule has 13 heteroatoms. The van der Waals surface area contributed by atoms with Crippen LogP contribution in [0.15, 0.2) is 41.6 Å². The first-order chi connectivity index (χ1) is 21.0. The maximum absolute atomic E-state index is 13.3. The lowest BCUT2D eigenvalue weighted by Crippen LogP contribution is -2.64. The van der Waals surface area contributed by atoms with Crippen molar-refractivity contribution in [1.29, 1.82) is 0 Å². The number of benzene rings is 1. The number of aryl methyl sites for hydroxylation is 2. The number of hydrogen-bond donors (Lipinski definition) is 1. The lowest BCUT2D eigenvalue weighted by Gasteiger charge is -2.51. The highest BCUT2D eigenvalue weighted by Crippen LogP contribution is 2.30. The number of rotatable bonds is 12. The lowest BCUT2D eigenvalue weighted by atomic mass is 9.84. The molecule has 1 N–H and O–H groups in total. The Hall–Kier alpha value is -3.10. The Morgan fingerprint density at radius 1 is 1.07 bits per heavy atom. The molecule has 2 fully saturated rings. The Kier molecular flexibility index (Phi) is 11.4. The molecule has 3 heterocycles. The number of carbonyl (C=O) groups is 2. The van der Waals surface area contributed by atoms with Crippen LogP contribution in [0, 0.1) is 13.8 Å². The van der Waals surface area contributed by atoms with E-state index in [9.17, 15) is 18.0 Å². The minimum absolute atomic E-state index is 0.0924. The lowest BCUT2D eigenvalue weighted by molar-refractivity contribution is -0.139. The zero-order chi connectivity index (χ0) is 31.9. The quantitative estimate of drug-likeness (QED) is 0.347. The normalized spacial score (nSPS) is 17.9. The summed E-state index contributed by atoms with van der Waals surface area (Å²) in [4.78, 5) is 36.8. The molecule has 0 unspecified atom stereocenters. The molecule has 0 aliphatic carbocycles. The zero-order valence-electron chi connectivity index (χ0n) is 26.5. The van der Waals surface area contributed by atoms with Crippen LogP contribution < -0.4 is 10.1 Å². The fraction of sp³-hybridized carbons (Fsp3) is 0.581. The number of amides is 2. The standard InChI is InChI=1S/C31H46N6O6S/c1-24-19-27(42-5)20-25(2)29(24)44(40,41)35(4)17-18-43-22-28(38)36-11-8-31(9-12-36,37-15-13-34(3)14-16-37)23-33-30(39)26-7-6-10-32-21-26/h6-7,10,19-21H,8-9,11-18,22-23H2,1-5H3,(H,33,39). The average molecular weight is 631 g/mol. The highest BCUT2D eigenvalue weighted by molar-refractivity contribution is 7.89. The predicted molar refractivity (Wildman–Crippen MR) is 167 cm³/mol. The van der Waals surface area contributed by atoms with Gasteiger partial charge in [0.2, 0.25) is 15.9 Å². The molecule has 2 aliphatic heterocycles. The third-order valence-electron chi connectivity index (χ3n) is 8.84. The first-order valence-electron chi connectivity index (χ1n) is 15.1. The summed E-state index contributed by atoms with van der Waals surface area (Å²) in [6.45, 7) is 8.92. The molecule has 44 heavy (non-hydrogen) atoms. The zero-order valence-corrected chi connectivity index (χ0v) is 27.4. The van der Waals surface area contributed by atoms with Gasteiger partial charge in [-0.15, -0.1) is 0 Å². The second kappa shape index (κ2) is 14.8. The number of piperazine rings is 1. The molecule has 2 aromatic rings.